The molecule has 1 heterocycles. The first-order chi connectivity index (χ1) is 16.1. The minimum Gasteiger partial charge on any atom is -0.487 e. The molecule has 7 nitrogen and oxygen atoms in total. The standard InChI is InChI=1S/C25H28N2O5S2.K/c1-16(2)13-27(34(30,31)25-26-17(3)15-33-25)22-11-20-5-4-6-21(20)12-23(22)32-14-18-7-9-19(10-8-18)24(28)29;/h7-12,15-16H,4-6,13-14H2,1-3H3,(H,28,29);. The van der Waals surface area contributed by atoms with Crippen molar-refractivity contribution in [1.29, 1.82) is 0 Å². The van der Waals surface area contributed by atoms with E-state index < -0.39 is 16.0 Å². The van der Waals surface area contributed by atoms with Crippen LogP contribution in [0.15, 0.2) is 46.1 Å². The zero-order chi connectivity index (χ0) is 24.5. The molecule has 0 spiro atoms. The molecule has 0 unspecified atom stereocenters. The molecule has 1 aliphatic carbocycles. The first-order valence-electron chi connectivity index (χ1n) is 11.2. The Bertz CT molecular complexity index is 1300. The van der Waals surface area contributed by atoms with Crippen LogP contribution in [0.1, 0.15) is 53.0 Å². The number of benzene rings is 2. The fourth-order valence-electron chi connectivity index (χ4n) is 4.01. The van der Waals surface area contributed by atoms with Crippen molar-refractivity contribution in [3.05, 3.63) is 69.7 Å². The van der Waals surface area contributed by atoms with Gasteiger partial charge in [-0.2, -0.15) is 8.42 Å². The molecule has 0 fully saturated rings. The van der Waals surface area contributed by atoms with Crippen molar-refractivity contribution < 1.29 is 23.1 Å². The molecule has 0 amide bonds. The Morgan fingerprint density at radius 3 is 2.40 bits per heavy atom. The van der Waals surface area contributed by atoms with E-state index in [4.69, 9.17) is 9.84 Å². The van der Waals surface area contributed by atoms with Crippen LogP contribution in [0.5, 0.6) is 5.75 Å². The van der Waals surface area contributed by atoms with E-state index in [1.165, 1.54) is 22.0 Å². The van der Waals surface area contributed by atoms with Crippen LogP contribution in [-0.2, 0) is 29.5 Å². The Morgan fingerprint density at radius 1 is 1.17 bits per heavy atom. The zero-order valence-electron chi connectivity index (χ0n) is 20.4. The van der Waals surface area contributed by atoms with Crippen LogP contribution in [-0.4, -0.2) is 82.4 Å². The molecule has 35 heavy (non-hydrogen) atoms. The maximum Gasteiger partial charge on any atom is 0.335 e. The summed E-state index contributed by atoms with van der Waals surface area (Å²) in [4.78, 5) is 15.4. The first kappa shape index (κ1) is 28.3. The SMILES string of the molecule is Cc1csc(S(=O)(=O)N(CC(C)C)c2cc3c(cc2OCc2ccc(C(=O)O)cc2)CCC3)n1.[K]. The number of hydrogen-bond acceptors (Lipinski definition) is 6. The third-order valence-corrected chi connectivity index (χ3v) is 8.81. The maximum atomic E-state index is 13.7. The topological polar surface area (TPSA) is 96.8 Å². The van der Waals surface area contributed by atoms with Crippen molar-refractivity contribution in [1.82, 2.24) is 4.98 Å². The number of aromatic nitrogens is 1. The molecule has 0 bridgehead atoms. The number of nitrogens with zero attached hydrogens (tertiary/aromatic N) is 2. The maximum absolute atomic E-state index is 13.7. The van der Waals surface area contributed by atoms with E-state index >= 15 is 0 Å². The number of sulfonamides is 1. The van der Waals surface area contributed by atoms with Crippen LogP contribution in [0.4, 0.5) is 5.69 Å². The Labute approximate surface area is 253 Å². The second-order valence-electron chi connectivity index (χ2n) is 8.92. The van der Waals surface area contributed by atoms with Gasteiger partial charge in [-0.15, -0.1) is 11.3 Å². The van der Waals surface area contributed by atoms with E-state index in [0.29, 0.717) is 23.7 Å². The van der Waals surface area contributed by atoms with Gasteiger partial charge in [0.05, 0.1) is 11.3 Å². The molecule has 0 aliphatic heterocycles. The Morgan fingerprint density at radius 2 is 1.83 bits per heavy atom. The molecule has 0 saturated carbocycles. The number of carbonyl (C=O) groups is 1. The third kappa shape index (κ3) is 6.54. The molecule has 4 rings (SSSR count). The van der Waals surface area contributed by atoms with Gasteiger partial charge in [0.25, 0.3) is 10.0 Å². The summed E-state index contributed by atoms with van der Waals surface area (Å²) in [5.74, 6) is -0.402. The molecule has 181 valence electrons. The number of carboxylic acid groups (broad SMARTS) is 1. The van der Waals surface area contributed by atoms with Gasteiger partial charge in [-0.3, -0.25) is 4.31 Å². The average Bonchev–Trinajstić information content (AvgIpc) is 3.44. The number of carboxylic acids is 1. The molecule has 1 N–H and O–H groups in total. The summed E-state index contributed by atoms with van der Waals surface area (Å²) in [6.45, 7) is 6.23. The molecular formula is C25H28KN2O5S2. The molecule has 0 atom stereocenters. The summed E-state index contributed by atoms with van der Waals surface area (Å²) in [6, 6.07) is 10.4. The minimum absolute atomic E-state index is 0. The van der Waals surface area contributed by atoms with E-state index in [9.17, 15) is 13.2 Å². The Kier molecular flexibility index (Phi) is 9.58. The second-order valence-corrected chi connectivity index (χ2v) is 11.8. The molecule has 2 aromatic carbocycles. The van der Waals surface area contributed by atoms with Crippen LogP contribution in [0, 0.1) is 12.8 Å². The summed E-state index contributed by atoms with van der Waals surface area (Å²) in [5.41, 5.74) is 4.51. The molecule has 3 aromatic rings. The molecule has 0 saturated heterocycles. The number of fused-ring (bicyclic) bond motifs is 1. The van der Waals surface area contributed by atoms with Gasteiger partial charge in [0, 0.05) is 69.0 Å². The number of ether oxygens (including phenoxy) is 1. The molecule has 1 aromatic heterocycles. The van der Waals surface area contributed by atoms with E-state index in [1.54, 1.807) is 24.4 Å². The number of thiazole rings is 1. The normalized spacial score (nSPS) is 12.8. The van der Waals surface area contributed by atoms with Crippen molar-refractivity contribution >= 4 is 84.4 Å². The number of aryl methyl sites for hydroxylation is 3. The largest absolute Gasteiger partial charge is 0.487 e. The summed E-state index contributed by atoms with van der Waals surface area (Å²) in [6.07, 6.45) is 2.87. The van der Waals surface area contributed by atoms with Crippen LogP contribution >= 0.6 is 11.3 Å². The summed E-state index contributed by atoms with van der Waals surface area (Å²) in [5, 5.41) is 10.9. The predicted octanol–water partition coefficient (Wildman–Crippen LogP) is 4.69. The molecular weight excluding hydrogens is 512 g/mol. The van der Waals surface area contributed by atoms with Crippen LogP contribution in [0.3, 0.4) is 0 Å². The van der Waals surface area contributed by atoms with E-state index in [1.807, 2.05) is 26.0 Å². The van der Waals surface area contributed by atoms with E-state index in [2.05, 4.69) is 4.98 Å². The number of rotatable bonds is 9. The van der Waals surface area contributed by atoms with Gasteiger partial charge in [-0.1, -0.05) is 26.0 Å². The summed E-state index contributed by atoms with van der Waals surface area (Å²) in [7, 11) is -3.87. The van der Waals surface area contributed by atoms with E-state index in [0.717, 1.165) is 41.7 Å². The second kappa shape index (κ2) is 11.8. The van der Waals surface area contributed by atoms with Crippen molar-refractivity contribution in [2.45, 2.75) is 51.0 Å². The van der Waals surface area contributed by atoms with Gasteiger partial charge in [0.15, 0.2) is 0 Å². The third-order valence-electron chi connectivity index (χ3n) is 5.68. The summed E-state index contributed by atoms with van der Waals surface area (Å²) < 4.78 is 35.0. The Hall–Kier alpha value is -1.27. The average molecular weight is 540 g/mol. The van der Waals surface area contributed by atoms with Gasteiger partial charge >= 0.3 is 5.97 Å². The monoisotopic (exact) mass is 539 g/mol. The van der Waals surface area contributed by atoms with Crippen LogP contribution < -0.4 is 9.04 Å². The van der Waals surface area contributed by atoms with Gasteiger partial charge in [-0.05, 0) is 73.1 Å². The number of aromatic carboxylic acids is 1. The van der Waals surface area contributed by atoms with E-state index in [-0.39, 0.29) is 73.8 Å². The molecule has 10 heteroatoms. The zero-order valence-corrected chi connectivity index (χ0v) is 25.2. The molecule has 1 radical (unpaired) electrons. The van der Waals surface area contributed by atoms with Gasteiger partial charge in [0.1, 0.15) is 12.4 Å². The number of hydrogen-bond donors (Lipinski definition) is 1. The van der Waals surface area contributed by atoms with Crippen molar-refractivity contribution in [2.24, 2.45) is 5.92 Å². The number of anilines is 1. The predicted molar refractivity (Wildman–Crippen MR) is 138 cm³/mol. The van der Waals surface area contributed by atoms with Gasteiger partial charge in [-0.25, -0.2) is 9.78 Å². The van der Waals surface area contributed by atoms with Gasteiger partial charge in [0.2, 0.25) is 4.34 Å². The van der Waals surface area contributed by atoms with Crippen molar-refractivity contribution in [3.8, 4) is 5.75 Å². The van der Waals surface area contributed by atoms with Gasteiger partial charge < -0.3 is 9.84 Å². The fourth-order valence-corrected chi connectivity index (χ4v) is 6.77. The summed E-state index contributed by atoms with van der Waals surface area (Å²) >= 11 is 1.12. The Balaban J connectivity index is 0.00000342. The first-order valence-corrected chi connectivity index (χ1v) is 13.5. The van der Waals surface area contributed by atoms with Crippen molar-refractivity contribution in [3.63, 3.8) is 0 Å². The quantitative estimate of drug-likeness (QED) is 0.397. The van der Waals surface area contributed by atoms with Crippen LogP contribution in [0.25, 0.3) is 0 Å². The fraction of sp³-hybridized carbons (Fsp3) is 0.360. The minimum atomic E-state index is -3.87. The molecule has 1 aliphatic rings. The van der Waals surface area contributed by atoms with Crippen molar-refractivity contribution in [2.75, 3.05) is 10.8 Å². The van der Waals surface area contributed by atoms with Crippen LogP contribution in [0.2, 0.25) is 0 Å². The smallest absolute Gasteiger partial charge is 0.335 e.